The van der Waals surface area contributed by atoms with Crippen molar-refractivity contribution in [1.29, 1.82) is 0 Å². The van der Waals surface area contributed by atoms with Crippen molar-refractivity contribution in [2.75, 3.05) is 26.8 Å². The molecule has 0 radical (unpaired) electrons. The van der Waals surface area contributed by atoms with Crippen LogP contribution in [-0.4, -0.2) is 32.8 Å². The first-order valence-electron chi connectivity index (χ1n) is 11.5. The third kappa shape index (κ3) is 8.35. The molecule has 5 heteroatoms. The number of halogens is 1. The lowest BCUT2D eigenvalue weighted by molar-refractivity contribution is -0.140. The zero-order valence-electron chi connectivity index (χ0n) is 19.2. The third-order valence-electron chi connectivity index (χ3n) is 5.51. The number of carbonyl (C=O) groups is 1. The highest BCUT2D eigenvalue weighted by Gasteiger charge is 2.05. The molecule has 174 valence electrons. The summed E-state index contributed by atoms with van der Waals surface area (Å²) in [6.45, 7) is 2.00. The maximum atomic E-state index is 13.1. The Bertz CT molecular complexity index is 1040. The SMILES string of the molecule is COC(=O)CCCC/C=C(/CNCCc1ccc(F)cc1)COc1cccc2ccccc12. The number of rotatable bonds is 13. The molecule has 0 saturated carbocycles. The molecule has 4 nitrogen and oxygen atoms in total. The fourth-order valence-corrected chi connectivity index (χ4v) is 3.63. The predicted molar refractivity (Wildman–Crippen MR) is 131 cm³/mol. The number of benzene rings is 3. The Labute approximate surface area is 195 Å². The van der Waals surface area contributed by atoms with Crippen LogP contribution in [-0.2, 0) is 16.0 Å². The van der Waals surface area contributed by atoms with Gasteiger partial charge >= 0.3 is 5.97 Å². The molecule has 0 atom stereocenters. The third-order valence-corrected chi connectivity index (χ3v) is 5.51. The Morgan fingerprint density at radius 2 is 1.79 bits per heavy atom. The molecule has 3 aromatic rings. The average molecular weight is 450 g/mol. The Balaban J connectivity index is 1.54. The van der Waals surface area contributed by atoms with E-state index in [2.05, 4.69) is 29.6 Å². The minimum absolute atomic E-state index is 0.166. The molecule has 0 aromatic heterocycles. The number of nitrogens with one attached hydrogen (secondary N) is 1. The molecule has 33 heavy (non-hydrogen) atoms. The van der Waals surface area contributed by atoms with Gasteiger partial charge in [0.25, 0.3) is 0 Å². The highest BCUT2D eigenvalue weighted by molar-refractivity contribution is 5.88. The van der Waals surface area contributed by atoms with Crippen LogP contribution in [0.5, 0.6) is 5.75 Å². The molecule has 3 rings (SSSR count). The Kier molecular flexibility index (Phi) is 9.92. The van der Waals surface area contributed by atoms with Crippen molar-refractivity contribution >= 4 is 16.7 Å². The molecule has 0 aliphatic rings. The Hall–Kier alpha value is -3.18. The van der Waals surface area contributed by atoms with E-state index in [-0.39, 0.29) is 11.8 Å². The highest BCUT2D eigenvalue weighted by atomic mass is 19.1. The number of hydrogen-bond donors (Lipinski definition) is 1. The summed E-state index contributed by atoms with van der Waals surface area (Å²) in [4.78, 5) is 11.3. The topological polar surface area (TPSA) is 47.6 Å². The van der Waals surface area contributed by atoms with Gasteiger partial charge in [0.15, 0.2) is 0 Å². The average Bonchev–Trinajstić information content (AvgIpc) is 2.85. The summed E-state index contributed by atoms with van der Waals surface area (Å²) in [6.07, 6.45) is 6.08. The second-order valence-electron chi connectivity index (χ2n) is 8.00. The van der Waals surface area contributed by atoms with Crippen LogP contribution >= 0.6 is 0 Å². The molecule has 3 aromatic carbocycles. The van der Waals surface area contributed by atoms with Gasteiger partial charge in [0.2, 0.25) is 0 Å². The summed E-state index contributed by atoms with van der Waals surface area (Å²) in [5.41, 5.74) is 2.27. The number of hydrogen-bond acceptors (Lipinski definition) is 4. The molecule has 0 saturated heterocycles. The molecule has 0 unspecified atom stereocenters. The van der Waals surface area contributed by atoms with Gasteiger partial charge in [-0.05, 0) is 66.9 Å². The largest absolute Gasteiger partial charge is 0.489 e. The predicted octanol–water partition coefficient (Wildman–Crippen LogP) is 5.85. The number of unbranched alkanes of at least 4 members (excludes halogenated alkanes) is 2. The number of ether oxygens (including phenoxy) is 2. The van der Waals surface area contributed by atoms with Gasteiger partial charge in [-0.2, -0.15) is 0 Å². The zero-order chi connectivity index (χ0) is 23.3. The summed E-state index contributed by atoms with van der Waals surface area (Å²) in [5, 5.41) is 5.73. The van der Waals surface area contributed by atoms with E-state index < -0.39 is 0 Å². The molecule has 0 amide bonds. The lowest BCUT2D eigenvalue weighted by Crippen LogP contribution is -2.22. The van der Waals surface area contributed by atoms with Crippen molar-refractivity contribution in [3.63, 3.8) is 0 Å². The van der Waals surface area contributed by atoms with Crippen molar-refractivity contribution < 1.29 is 18.7 Å². The van der Waals surface area contributed by atoms with Gasteiger partial charge < -0.3 is 14.8 Å². The quantitative estimate of drug-likeness (QED) is 0.202. The minimum atomic E-state index is -0.213. The molecular formula is C28H32FNO3. The summed E-state index contributed by atoms with van der Waals surface area (Å²) < 4.78 is 24.0. The smallest absolute Gasteiger partial charge is 0.305 e. The number of fused-ring (bicyclic) bond motifs is 1. The molecular weight excluding hydrogens is 417 g/mol. The molecule has 0 bridgehead atoms. The van der Waals surface area contributed by atoms with Crippen molar-refractivity contribution in [3.8, 4) is 5.75 Å². The van der Waals surface area contributed by atoms with Gasteiger partial charge in [-0.1, -0.05) is 54.6 Å². The molecule has 0 fully saturated rings. The molecule has 0 heterocycles. The van der Waals surface area contributed by atoms with E-state index in [9.17, 15) is 9.18 Å². The number of carbonyl (C=O) groups excluding carboxylic acids is 1. The van der Waals surface area contributed by atoms with Crippen LogP contribution in [0.2, 0.25) is 0 Å². The lowest BCUT2D eigenvalue weighted by atomic mass is 10.1. The van der Waals surface area contributed by atoms with Crippen LogP contribution in [0.1, 0.15) is 31.2 Å². The van der Waals surface area contributed by atoms with Crippen LogP contribution in [0.15, 0.2) is 78.4 Å². The van der Waals surface area contributed by atoms with E-state index in [1.54, 1.807) is 0 Å². The number of allylic oxidation sites excluding steroid dienone is 1. The van der Waals surface area contributed by atoms with E-state index in [4.69, 9.17) is 9.47 Å². The van der Waals surface area contributed by atoms with Gasteiger partial charge in [-0.15, -0.1) is 0 Å². The first kappa shape index (κ1) is 24.5. The van der Waals surface area contributed by atoms with Gasteiger partial charge in [0.05, 0.1) is 7.11 Å². The van der Waals surface area contributed by atoms with Crippen LogP contribution in [0.3, 0.4) is 0 Å². The standard InChI is InChI=1S/C28H32FNO3/c1-32-28(31)13-4-2-3-8-23(20-30-19-18-22-14-16-25(29)17-15-22)21-33-27-12-7-10-24-9-5-6-11-26(24)27/h5-12,14-17,30H,2-4,13,18-21H2,1H3/b23-8-. The van der Waals surface area contributed by atoms with Crippen molar-refractivity contribution in [1.82, 2.24) is 5.32 Å². The fourth-order valence-electron chi connectivity index (χ4n) is 3.63. The van der Waals surface area contributed by atoms with Crippen molar-refractivity contribution in [2.24, 2.45) is 0 Å². The van der Waals surface area contributed by atoms with Gasteiger partial charge in [-0.25, -0.2) is 4.39 Å². The van der Waals surface area contributed by atoms with Crippen molar-refractivity contribution in [3.05, 3.63) is 89.8 Å². The van der Waals surface area contributed by atoms with E-state index >= 15 is 0 Å². The van der Waals surface area contributed by atoms with Gasteiger partial charge in [-0.3, -0.25) is 4.79 Å². The van der Waals surface area contributed by atoms with E-state index in [1.807, 2.05) is 36.4 Å². The first-order chi connectivity index (χ1) is 16.2. The van der Waals surface area contributed by atoms with Crippen molar-refractivity contribution in [2.45, 2.75) is 32.1 Å². The van der Waals surface area contributed by atoms with Crippen LogP contribution in [0.25, 0.3) is 10.8 Å². The second kappa shape index (κ2) is 13.4. The summed E-state index contributed by atoms with van der Waals surface area (Å²) in [6, 6.07) is 20.9. The Morgan fingerprint density at radius 1 is 1.00 bits per heavy atom. The highest BCUT2D eigenvalue weighted by Crippen LogP contribution is 2.25. The lowest BCUT2D eigenvalue weighted by Gasteiger charge is -2.13. The van der Waals surface area contributed by atoms with Crippen LogP contribution in [0.4, 0.5) is 4.39 Å². The normalized spacial score (nSPS) is 11.5. The van der Waals surface area contributed by atoms with Gasteiger partial charge in [0, 0.05) is 18.4 Å². The Morgan fingerprint density at radius 3 is 2.61 bits per heavy atom. The molecule has 1 N–H and O–H groups in total. The summed E-state index contributed by atoms with van der Waals surface area (Å²) >= 11 is 0. The minimum Gasteiger partial charge on any atom is -0.489 e. The summed E-state index contributed by atoms with van der Waals surface area (Å²) in [5.74, 6) is 0.492. The van der Waals surface area contributed by atoms with E-state index in [0.717, 1.165) is 54.3 Å². The second-order valence-corrected chi connectivity index (χ2v) is 8.00. The van der Waals surface area contributed by atoms with Gasteiger partial charge in [0.1, 0.15) is 18.2 Å². The van der Waals surface area contributed by atoms with E-state index in [0.29, 0.717) is 19.6 Å². The van der Waals surface area contributed by atoms with Crippen LogP contribution in [0, 0.1) is 5.82 Å². The fraction of sp³-hybridized carbons (Fsp3) is 0.321. The zero-order valence-corrected chi connectivity index (χ0v) is 19.2. The first-order valence-corrected chi connectivity index (χ1v) is 11.5. The maximum absolute atomic E-state index is 13.1. The number of esters is 1. The molecule has 0 aliphatic carbocycles. The number of methoxy groups -OCH3 is 1. The monoisotopic (exact) mass is 449 g/mol. The molecule has 0 aliphatic heterocycles. The molecule has 0 spiro atoms. The summed E-state index contributed by atoms with van der Waals surface area (Å²) in [7, 11) is 1.42. The van der Waals surface area contributed by atoms with E-state index in [1.165, 1.54) is 24.8 Å². The van der Waals surface area contributed by atoms with Crippen LogP contribution < -0.4 is 10.1 Å². The maximum Gasteiger partial charge on any atom is 0.305 e.